The minimum absolute atomic E-state index is 0.102. The van der Waals surface area contributed by atoms with Crippen LogP contribution in [0, 0.1) is 24.0 Å². The van der Waals surface area contributed by atoms with E-state index in [1.165, 1.54) is 52.7 Å². The lowest BCUT2D eigenvalue weighted by Gasteiger charge is -2.22. The number of sulfonamides is 1. The molecule has 32 heteroatoms. The van der Waals surface area contributed by atoms with Gasteiger partial charge < -0.3 is 27.5 Å². The number of hydrogen-bond donors (Lipinski definition) is 4. The number of furan rings is 3. The average Bonchev–Trinajstić information content (AvgIpc) is 1.67. The zero-order valence-corrected chi connectivity index (χ0v) is 74.3. The predicted molar refractivity (Wildman–Crippen MR) is 492 cm³/mol. The predicted octanol–water partition coefficient (Wildman–Crippen LogP) is 21.0. The second-order valence-electron chi connectivity index (χ2n) is 32.2. The van der Waals surface area contributed by atoms with Crippen LogP contribution >= 0.6 is 15.9 Å². The Morgan fingerprint density at radius 2 is 0.698 bits per heavy atom. The number of carbonyl (C=O) groups excluding carboxylic acids is 7. The fourth-order valence-corrected chi connectivity index (χ4v) is 14.8. The SMILES string of the molecule is CC(C)(C)OC(=O)Nc1ccc(C2=NN(C(=O)c3ccc(Br)cc3)C(c3ccco3)C2)cc1.CC(C)(C)OC(=O)Nc1ccc(C2=NN(C(=O)c3ccc([N+](=O)[O-])cc3)C(c3ccco3)C2)cc1.COC(=O)Nc1ccc(C2=NN(C(=O)c3ccc(C)cc3)C(c3ccco3)C2)cc1.Cc1ccc(C(=O)N2N=C(c3ccc(NS(C)(=O)=O)cc3)CC2c2ccccc2)cc1. The normalized spacial score (nSPS) is 15.7. The minimum atomic E-state index is -3.34. The van der Waals surface area contributed by atoms with E-state index in [-0.39, 0.29) is 47.1 Å². The first kappa shape index (κ1) is 91.5. The van der Waals surface area contributed by atoms with E-state index < -0.39 is 56.4 Å². The topological polar surface area (TPSA) is 374 Å². The Kier molecular flexibility index (Phi) is 28.7. The number of anilines is 4. The number of hydrogen-bond acceptors (Lipinski definition) is 21. The van der Waals surface area contributed by atoms with E-state index in [9.17, 15) is 52.1 Å². The number of nitro benzene ring substituents is 1. The van der Waals surface area contributed by atoms with E-state index in [0.29, 0.717) is 88.1 Å². The van der Waals surface area contributed by atoms with E-state index in [2.05, 4.69) is 61.7 Å². The lowest BCUT2D eigenvalue weighted by atomic mass is 9.98. The van der Waals surface area contributed by atoms with Crippen molar-refractivity contribution in [1.29, 1.82) is 0 Å². The summed E-state index contributed by atoms with van der Waals surface area (Å²) in [6, 6.07) is 75.3. The molecule has 0 aliphatic carbocycles. The Labute approximate surface area is 752 Å². The van der Waals surface area contributed by atoms with Crippen LogP contribution in [0.4, 0.5) is 42.8 Å². The lowest BCUT2D eigenvalue weighted by molar-refractivity contribution is -0.384. The molecule has 0 fully saturated rings. The standard InChI is InChI=1S/C25H24BrN3O4.C25H24N4O6.C24H23N3O3S.C23H21N3O4/c1-25(2,3)33-24(31)27-19-12-8-16(9-13-19)20-15-21(22-5-4-14-32-22)29(28-20)23(30)17-6-10-18(26)11-7-17;1-25(2,3)35-24(31)26-18-10-6-16(7-11-18)20-15-21(22-5-4-14-34-22)28(27-20)23(30)17-8-12-19(13-9-17)29(32)33;1-17-8-10-20(11-9-17)24(28)27-23(19-6-4-3-5-7-19)16-22(25-27)18-12-14-21(15-13-18)26-31(2,29)30;1-15-5-7-17(8-6-15)22(27)26-20(21-4-3-13-30-21)14-19(25-26)16-9-11-18(12-10-16)24-23(28)29-2/h4-14,21H,15H2,1-3H3,(H,27,31);4-14,21H,15H2,1-3H3,(H,26,31);3-15,23,26H,16H2,1-2H3;3-13,20H,14H2,1-2H3,(H,24,28). The summed E-state index contributed by atoms with van der Waals surface area (Å²) in [6.45, 7) is 14.7. The molecule has 30 nitrogen and oxygen atoms in total. The summed E-state index contributed by atoms with van der Waals surface area (Å²) in [5, 5.41) is 43.3. The molecule has 0 saturated carbocycles. The maximum absolute atomic E-state index is 13.3. The molecule has 4 unspecified atom stereocenters. The molecular weight excluding hydrogens is 1730 g/mol. The number of methoxy groups -OCH3 is 1. The molecular formula is C97H92BrN13O17S. The van der Waals surface area contributed by atoms with Gasteiger partial charge in [0.1, 0.15) is 46.6 Å². The number of amides is 7. The van der Waals surface area contributed by atoms with Crippen molar-refractivity contribution in [2.75, 3.05) is 34.0 Å². The molecule has 12 aromatic rings. The summed E-state index contributed by atoms with van der Waals surface area (Å²) in [4.78, 5) is 98.7. The first-order valence-corrected chi connectivity index (χ1v) is 43.5. The number of rotatable bonds is 18. The number of halogens is 1. The number of nitrogens with one attached hydrogen (secondary N) is 4. The Bertz CT molecular complexity index is 6250. The molecule has 4 aliphatic heterocycles. The van der Waals surface area contributed by atoms with Gasteiger partial charge >= 0.3 is 18.3 Å². The van der Waals surface area contributed by atoms with E-state index in [0.717, 1.165) is 66.8 Å². The van der Waals surface area contributed by atoms with Crippen LogP contribution in [0.5, 0.6) is 0 Å². The number of hydrazone groups is 4. The van der Waals surface area contributed by atoms with E-state index in [1.807, 2.05) is 162 Å². The van der Waals surface area contributed by atoms with Crippen LogP contribution in [0.3, 0.4) is 0 Å². The van der Waals surface area contributed by atoms with Crippen LogP contribution in [-0.4, -0.2) is 123 Å². The maximum atomic E-state index is 13.3. The zero-order chi connectivity index (χ0) is 91.8. The van der Waals surface area contributed by atoms with E-state index in [4.69, 9.17) is 22.7 Å². The summed E-state index contributed by atoms with van der Waals surface area (Å²) >= 11 is 3.39. The van der Waals surface area contributed by atoms with Crippen LogP contribution in [0.25, 0.3) is 0 Å². The number of nitro groups is 1. The number of ether oxygens (including phenoxy) is 3. The highest BCUT2D eigenvalue weighted by molar-refractivity contribution is 9.10. The van der Waals surface area contributed by atoms with Crippen LogP contribution < -0.4 is 20.7 Å². The van der Waals surface area contributed by atoms with Crippen molar-refractivity contribution in [2.24, 2.45) is 20.4 Å². The quantitative estimate of drug-likeness (QED) is 0.0352. The molecule has 4 aliphatic rings. The van der Waals surface area contributed by atoms with Crippen molar-refractivity contribution in [2.45, 2.75) is 116 Å². The molecule has 0 saturated heterocycles. The van der Waals surface area contributed by atoms with Gasteiger partial charge in [0, 0.05) is 87.3 Å². The van der Waals surface area contributed by atoms with Gasteiger partial charge in [0.05, 0.1) is 66.0 Å². The van der Waals surface area contributed by atoms with Gasteiger partial charge in [-0.05, 0) is 229 Å². The molecule has 16 rings (SSSR count). The lowest BCUT2D eigenvalue weighted by Crippen LogP contribution is -2.27. The summed E-state index contributed by atoms with van der Waals surface area (Å²) in [5.74, 6) is 0.971. The number of benzene rings is 9. The number of carbonyl (C=O) groups is 7. The van der Waals surface area contributed by atoms with Crippen molar-refractivity contribution in [3.05, 3.63) is 373 Å². The van der Waals surface area contributed by atoms with Gasteiger partial charge in [-0.1, -0.05) is 130 Å². The average molecular weight is 1820 g/mol. The van der Waals surface area contributed by atoms with Gasteiger partial charge in [-0.2, -0.15) is 20.4 Å². The molecule has 7 heterocycles. The highest BCUT2D eigenvalue weighted by Crippen LogP contribution is 2.40. The monoisotopic (exact) mass is 1820 g/mol. The third kappa shape index (κ3) is 24.3. The fraction of sp³-hybridized carbons (Fsp3) is 0.206. The molecule has 0 spiro atoms. The third-order valence-electron chi connectivity index (χ3n) is 20.2. The number of nitrogens with zero attached hydrogens (tertiary/aromatic N) is 9. The summed E-state index contributed by atoms with van der Waals surface area (Å²) < 4.78 is 58.1. The van der Waals surface area contributed by atoms with Gasteiger partial charge in [-0.25, -0.2) is 42.8 Å². The highest BCUT2D eigenvalue weighted by Gasteiger charge is 2.40. The summed E-state index contributed by atoms with van der Waals surface area (Å²) in [7, 11) is -2.03. The molecule has 4 atom stereocenters. The minimum Gasteiger partial charge on any atom is -0.467 e. The van der Waals surface area contributed by atoms with Crippen molar-refractivity contribution in [3.8, 4) is 0 Å². The number of aryl methyl sites for hydroxylation is 2. The Morgan fingerprint density at radius 3 is 0.992 bits per heavy atom. The third-order valence-corrected chi connectivity index (χ3v) is 21.3. The van der Waals surface area contributed by atoms with Crippen LogP contribution in [0.15, 0.2) is 318 Å². The molecule has 7 amide bonds. The molecule has 0 radical (unpaired) electrons. The maximum Gasteiger partial charge on any atom is 0.412 e. The summed E-state index contributed by atoms with van der Waals surface area (Å²) in [6.07, 6.45) is 6.23. The molecule has 4 N–H and O–H groups in total. The van der Waals surface area contributed by atoms with Crippen LogP contribution in [0.1, 0.15) is 189 Å². The van der Waals surface area contributed by atoms with E-state index in [1.54, 1.807) is 148 Å². The molecule has 3 aromatic heterocycles. The Morgan fingerprint density at radius 1 is 0.403 bits per heavy atom. The highest BCUT2D eigenvalue weighted by atomic mass is 79.9. The second-order valence-corrected chi connectivity index (χ2v) is 34.9. The van der Waals surface area contributed by atoms with Crippen molar-refractivity contribution < 1.29 is 74.4 Å². The van der Waals surface area contributed by atoms with Gasteiger partial charge in [0.2, 0.25) is 10.0 Å². The molecule has 129 heavy (non-hydrogen) atoms. The number of non-ortho nitro benzene ring substituents is 1. The Balaban J connectivity index is 0.000000147. The largest absolute Gasteiger partial charge is 0.467 e. The van der Waals surface area contributed by atoms with Crippen LogP contribution in [-0.2, 0) is 24.2 Å². The molecule has 0 bridgehead atoms. The van der Waals surface area contributed by atoms with Gasteiger partial charge in [-0.3, -0.25) is 50.0 Å². The smallest absolute Gasteiger partial charge is 0.412 e. The summed E-state index contributed by atoms with van der Waals surface area (Å²) in [5.41, 5.74) is 12.4. The van der Waals surface area contributed by atoms with E-state index >= 15 is 0 Å². The van der Waals surface area contributed by atoms with Crippen molar-refractivity contribution in [3.63, 3.8) is 0 Å². The molecule has 9 aromatic carbocycles. The van der Waals surface area contributed by atoms with Crippen LogP contribution in [0.2, 0.25) is 0 Å². The zero-order valence-electron chi connectivity index (χ0n) is 71.9. The first-order chi connectivity index (χ1) is 61.6. The molecule has 660 valence electrons. The van der Waals surface area contributed by atoms with Crippen molar-refractivity contribution >= 4 is 119 Å². The second kappa shape index (κ2) is 40.4. The fourth-order valence-electron chi connectivity index (χ4n) is 14.0. The van der Waals surface area contributed by atoms with Crippen molar-refractivity contribution in [1.82, 2.24) is 20.0 Å². The van der Waals surface area contributed by atoms with Gasteiger partial charge in [-0.15, -0.1) is 0 Å². The Hall–Kier alpha value is -15.2. The van der Waals surface area contributed by atoms with Gasteiger partial charge in [0.15, 0.2) is 0 Å². The van der Waals surface area contributed by atoms with Gasteiger partial charge in [0.25, 0.3) is 29.3 Å². The first-order valence-electron chi connectivity index (χ1n) is 40.8.